The number of ketones is 1. The SMILES string of the molecule is CC(=O)c1ccc(OS(=O)(=O)c2ccc(F)cc2Cl)cc1. The van der Waals surface area contributed by atoms with Crippen LogP contribution in [0.15, 0.2) is 47.4 Å². The Morgan fingerprint density at radius 2 is 1.76 bits per heavy atom. The molecule has 2 aromatic rings. The zero-order valence-electron chi connectivity index (χ0n) is 10.8. The largest absolute Gasteiger partial charge is 0.379 e. The fourth-order valence-corrected chi connectivity index (χ4v) is 3.03. The summed E-state index contributed by atoms with van der Waals surface area (Å²) in [5, 5.41) is -0.268. The quantitative estimate of drug-likeness (QED) is 0.637. The van der Waals surface area contributed by atoms with E-state index in [-0.39, 0.29) is 21.5 Å². The maximum Gasteiger partial charge on any atom is 0.340 e. The van der Waals surface area contributed by atoms with Crippen LogP contribution in [0.3, 0.4) is 0 Å². The van der Waals surface area contributed by atoms with Gasteiger partial charge in [0.25, 0.3) is 0 Å². The van der Waals surface area contributed by atoms with Crippen molar-refractivity contribution < 1.29 is 21.8 Å². The van der Waals surface area contributed by atoms with Gasteiger partial charge in [-0.1, -0.05) is 11.6 Å². The van der Waals surface area contributed by atoms with Crippen LogP contribution in [0.25, 0.3) is 0 Å². The van der Waals surface area contributed by atoms with Crippen LogP contribution in [-0.4, -0.2) is 14.2 Å². The van der Waals surface area contributed by atoms with Gasteiger partial charge in [-0.3, -0.25) is 4.79 Å². The summed E-state index contributed by atoms with van der Waals surface area (Å²) in [6.45, 7) is 1.39. The highest BCUT2D eigenvalue weighted by atomic mass is 35.5. The van der Waals surface area contributed by atoms with E-state index in [4.69, 9.17) is 15.8 Å². The molecule has 0 bridgehead atoms. The summed E-state index contributed by atoms with van der Waals surface area (Å²) >= 11 is 5.70. The van der Waals surface area contributed by atoms with Gasteiger partial charge in [-0.25, -0.2) is 4.39 Å². The molecule has 0 aliphatic carbocycles. The van der Waals surface area contributed by atoms with E-state index in [1.807, 2.05) is 0 Å². The number of carbonyl (C=O) groups is 1. The Balaban J connectivity index is 2.30. The molecule has 0 saturated heterocycles. The normalized spacial score (nSPS) is 11.2. The maximum atomic E-state index is 12.9. The first-order chi connectivity index (χ1) is 9.79. The molecule has 0 aromatic heterocycles. The fraction of sp³-hybridized carbons (Fsp3) is 0.0714. The first-order valence-electron chi connectivity index (χ1n) is 5.80. The number of rotatable bonds is 4. The Morgan fingerprint density at radius 3 is 2.29 bits per heavy atom. The third-order valence-corrected chi connectivity index (χ3v) is 4.36. The van der Waals surface area contributed by atoms with E-state index in [0.717, 1.165) is 18.2 Å². The molecule has 0 unspecified atom stereocenters. The molecule has 4 nitrogen and oxygen atoms in total. The molecule has 2 aromatic carbocycles. The second-order valence-electron chi connectivity index (χ2n) is 4.19. The lowest BCUT2D eigenvalue weighted by atomic mass is 10.1. The average Bonchev–Trinajstić information content (AvgIpc) is 2.38. The van der Waals surface area contributed by atoms with Gasteiger partial charge in [-0.2, -0.15) is 8.42 Å². The number of Topliss-reactive ketones (excluding diaryl/α,β-unsaturated/α-hetero) is 1. The van der Waals surface area contributed by atoms with Crippen molar-refractivity contribution >= 4 is 27.5 Å². The van der Waals surface area contributed by atoms with Crippen LogP contribution >= 0.6 is 11.6 Å². The van der Waals surface area contributed by atoms with Crippen LogP contribution in [0, 0.1) is 5.82 Å². The molecule has 0 aliphatic heterocycles. The maximum absolute atomic E-state index is 12.9. The molecule has 2 rings (SSSR count). The van der Waals surface area contributed by atoms with E-state index >= 15 is 0 Å². The van der Waals surface area contributed by atoms with Crippen molar-refractivity contribution in [3.8, 4) is 5.75 Å². The average molecular weight is 329 g/mol. The van der Waals surface area contributed by atoms with Gasteiger partial charge >= 0.3 is 10.1 Å². The summed E-state index contributed by atoms with van der Waals surface area (Å²) in [5.74, 6) is -0.767. The Hall–Kier alpha value is -1.92. The van der Waals surface area contributed by atoms with Gasteiger partial charge in [0.15, 0.2) is 5.78 Å². The zero-order chi connectivity index (χ0) is 15.6. The smallest absolute Gasteiger partial charge is 0.340 e. The van der Waals surface area contributed by atoms with E-state index in [1.54, 1.807) is 0 Å². The lowest BCUT2D eigenvalue weighted by molar-refractivity contribution is 0.101. The summed E-state index contributed by atoms with van der Waals surface area (Å²) in [7, 11) is -4.18. The highest BCUT2D eigenvalue weighted by Gasteiger charge is 2.20. The highest BCUT2D eigenvalue weighted by molar-refractivity contribution is 7.87. The lowest BCUT2D eigenvalue weighted by Gasteiger charge is -2.08. The number of benzene rings is 2. The van der Waals surface area contributed by atoms with E-state index < -0.39 is 15.9 Å². The standard InChI is InChI=1S/C14H10ClFO4S/c1-9(17)10-2-5-12(6-3-10)20-21(18,19)14-7-4-11(16)8-13(14)15/h2-8H,1H3. The van der Waals surface area contributed by atoms with Crippen LogP contribution in [0.2, 0.25) is 5.02 Å². The molecule has 0 N–H and O–H groups in total. The predicted molar refractivity (Wildman–Crippen MR) is 75.7 cm³/mol. The van der Waals surface area contributed by atoms with Gasteiger partial charge in [-0.15, -0.1) is 0 Å². The highest BCUT2D eigenvalue weighted by Crippen LogP contribution is 2.25. The lowest BCUT2D eigenvalue weighted by Crippen LogP contribution is -2.10. The van der Waals surface area contributed by atoms with Crippen LogP contribution in [-0.2, 0) is 10.1 Å². The van der Waals surface area contributed by atoms with Gasteiger partial charge in [0.2, 0.25) is 0 Å². The van der Waals surface area contributed by atoms with Crippen molar-refractivity contribution in [1.82, 2.24) is 0 Å². The Kier molecular flexibility index (Phi) is 4.29. The van der Waals surface area contributed by atoms with Crippen LogP contribution in [0.4, 0.5) is 4.39 Å². The van der Waals surface area contributed by atoms with Crippen molar-refractivity contribution in [1.29, 1.82) is 0 Å². The molecular formula is C14H10ClFO4S. The zero-order valence-corrected chi connectivity index (χ0v) is 12.4. The van der Waals surface area contributed by atoms with Gasteiger partial charge in [-0.05, 0) is 49.4 Å². The second-order valence-corrected chi connectivity index (χ2v) is 6.11. The molecule has 0 spiro atoms. The molecular weight excluding hydrogens is 319 g/mol. The number of hydrogen-bond donors (Lipinski definition) is 0. The van der Waals surface area contributed by atoms with Gasteiger partial charge < -0.3 is 4.18 Å². The summed E-state index contributed by atoms with van der Waals surface area (Å²) < 4.78 is 41.9. The van der Waals surface area contributed by atoms with E-state index in [9.17, 15) is 17.6 Å². The van der Waals surface area contributed by atoms with Crippen molar-refractivity contribution in [2.45, 2.75) is 11.8 Å². The van der Waals surface area contributed by atoms with Crippen molar-refractivity contribution in [2.75, 3.05) is 0 Å². The Bertz CT molecular complexity index is 785. The molecule has 0 amide bonds. The third kappa shape index (κ3) is 3.59. The van der Waals surface area contributed by atoms with Crippen molar-refractivity contribution in [3.63, 3.8) is 0 Å². The topological polar surface area (TPSA) is 60.4 Å². The minimum atomic E-state index is -4.18. The molecule has 0 radical (unpaired) electrons. The molecule has 21 heavy (non-hydrogen) atoms. The van der Waals surface area contributed by atoms with Gasteiger partial charge in [0, 0.05) is 5.56 Å². The molecule has 110 valence electrons. The molecule has 0 atom stereocenters. The van der Waals surface area contributed by atoms with Gasteiger partial charge in [0.05, 0.1) is 5.02 Å². The third-order valence-electron chi connectivity index (χ3n) is 2.63. The first kappa shape index (κ1) is 15.5. The number of halogens is 2. The van der Waals surface area contributed by atoms with E-state index in [1.165, 1.54) is 31.2 Å². The Morgan fingerprint density at radius 1 is 1.14 bits per heavy atom. The molecule has 0 saturated carbocycles. The van der Waals surface area contributed by atoms with E-state index in [2.05, 4.69) is 0 Å². The summed E-state index contributed by atoms with van der Waals surface area (Å²) in [6, 6.07) is 8.48. The number of hydrogen-bond acceptors (Lipinski definition) is 4. The molecule has 0 aliphatic rings. The van der Waals surface area contributed by atoms with Crippen LogP contribution in [0.1, 0.15) is 17.3 Å². The fourth-order valence-electron chi connectivity index (χ4n) is 1.59. The van der Waals surface area contributed by atoms with Crippen LogP contribution in [0.5, 0.6) is 5.75 Å². The molecule has 0 heterocycles. The Labute approximate surface area is 126 Å². The molecule has 7 heteroatoms. The van der Waals surface area contributed by atoms with Crippen molar-refractivity contribution in [3.05, 3.63) is 58.9 Å². The minimum absolute atomic E-state index is 0.0281. The second kappa shape index (κ2) is 5.83. The monoisotopic (exact) mass is 328 g/mol. The first-order valence-corrected chi connectivity index (χ1v) is 7.59. The molecule has 0 fully saturated rings. The van der Waals surface area contributed by atoms with Crippen molar-refractivity contribution in [2.24, 2.45) is 0 Å². The van der Waals surface area contributed by atoms with E-state index in [0.29, 0.717) is 5.56 Å². The predicted octanol–water partition coefficient (Wildman–Crippen LogP) is 3.45. The summed E-state index contributed by atoms with van der Waals surface area (Å²) in [4.78, 5) is 10.8. The number of carbonyl (C=O) groups excluding carboxylic acids is 1. The summed E-state index contributed by atoms with van der Waals surface area (Å²) in [6.07, 6.45) is 0. The van der Waals surface area contributed by atoms with Crippen LogP contribution < -0.4 is 4.18 Å². The minimum Gasteiger partial charge on any atom is -0.379 e. The van der Waals surface area contributed by atoms with Gasteiger partial charge in [0.1, 0.15) is 16.5 Å². The summed E-state index contributed by atoms with van der Waals surface area (Å²) in [5.41, 5.74) is 0.430.